The largest absolute Gasteiger partial charge is 0.364 e. The Morgan fingerprint density at radius 3 is 2.63 bits per heavy atom. The van der Waals surface area contributed by atoms with Gasteiger partial charge < -0.3 is 15.2 Å². The molecule has 2 atom stereocenters. The van der Waals surface area contributed by atoms with Crippen LogP contribution in [0.4, 0.5) is 0 Å². The number of benzene rings is 1. The van der Waals surface area contributed by atoms with Gasteiger partial charge in [0.2, 0.25) is 0 Å². The molecule has 6 heteroatoms. The second-order valence-electron chi connectivity index (χ2n) is 7.54. The molecule has 4 rings (SSSR count). The van der Waals surface area contributed by atoms with Gasteiger partial charge in [-0.1, -0.05) is 35.5 Å². The number of rotatable bonds is 6. The number of aromatic nitrogens is 1. The topological polar surface area (TPSA) is 65.7 Å². The van der Waals surface area contributed by atoms with Crippen LogP contribution in [-0.2, 0) is 13.1 Å². The fourth-order valence-electron chi connectivity index (χ4n) is 4.44. The summed E-state index contributed by atoms with van der Waals surface area (Å²) in [5.41, 5.74) is 2.27. The van der Waals surface area contributed by atoms with E-state index in [0.717, 1.165) is 24.7 Å². The molecule has 3 heterocycles. The Morgan fingerprint density at radius 1 is 1.19 bits per heavy atom. The summed E-state index contributed by atoms with van der Waals surface area (Å²) in [6.07, 6.45) is 6.56. The van der Waals surface area contributed by atoms with Crippen molar-refractivity contribution in [1.29, 1.82) is 0 Å². The molecule has 6 nitrogen and oxygen atoms in total. The zero-order valence-electron chi connectivity index (χ0n) is 16.0. The first-order chi connectivity index (χ1) is 13.3. The normalized spacial score (nSPS) is 25.5. The first kappa shape index (κ1) is 18.0. The van der Waals surface area contributed by atoms with E-state index in [0.29, 0.717) is 24.7 Å². The zero-order chi connectivity index (χ0) is 18.5. The minimum atomic E-state index is 0.477. The van der Waals surface area contributed by atoms with Crippen molar-refractivity contribution in [2.45, 2.75) is 63.8 Å². The van der Waals surface area contributed by atoms with E-state index in [2.05, 4.69) is 62.9 Å². The Bertz CT molecular complexity index is 716. The van der Waals surface area contributed by atoms with Crippen molar-refractivity contribution in [3.05, 3.63) is 53.9 Å². The number of hydrogen-bond acceptors (Lipinski definition) is 4. The first-order valence-corrected chi connectivity index (χ1v) is 10.1. The monoisotopic (exact) mass is 367 g/mol. The number of fused-ring (bicyclic) bond motifs is 2. The SMILES string of the molecule is CCNC(=NCc1ccon1)NC1CC2CCC(C1)N2Cc1ccccc1. The van der Waals surface area contributed by atoms with Crippen LogP contribution in [0.2, 0.25) is 0 Å². The number of nitrogens with one attached hydrogen (secondary N) is 2. The molecule has 0 radical (unpaired) electrons. The number of aliphatic imine (C=N–C) groups is 1. The number of hydrogen-bond donors (Lipinski definition) is 2. The molecule has 27 heavy (non-hydrogen) atoms. The van der Waals surface area contributed by atoms with Crippen molar-refractivity contribution in [1.82, 2.24) is 20.7 Å². The van der Waals surface area contributed by atoms with E-state index < -0.39 is 0 Å². The van der Waals surface area contributed by atoms with Crippen molar-refractivity contribution in [3.63, 3.8) is 0 Å². The molecule has 2 aliphatic rings. The Kier molecular flexibility index (Phi) is 5.72. The quantitative estimate of drug-likeness (QED) is 0.607. The molecule has 2 aliphatic heterocycles. The molecule has 1 aromatic carbocycles. The van der Waals surface area contributed by atoms with Crippen LogP contribution in [-0.4, -0.2) is 40.7 Å². The molecule has 0 aliphatic carbocycles. The highest BCUT2D eigenvalue weighted by molar-refractivity contribution is 5.80. The predicted octanol–water partition coefficient (Wildman–Crippen LogP) is 2.93. The van der Waals surface area contributed by atoms with Gasteiger partial charge in [0.1, 0.15) is 12.0 Å². The van der Waals surface area contributed by atoms with E-state index in [1.54, 1.807) is 6.26 Å². The summed E-state index contributed by atoms with van der Waals surface area (Å²) in [5, 5.41) is 11.0. The molecule has 2 unspecified atom stereocenters. The maximum absolute atomic E-state index is 4.89. The third-order valence-corrected chi connectivity index (χ3v) is 5.67. The smallest absolute Gasteiger partial charge is 0.191 e. The van der Waals surface area contributed by atoms with E-state index in [1.807, 2.05) is 6.07 Å². The van der Waals surface area contributed by atoms with Crippen molar-refractivity contribution >= 4 is 5.96 Å². The van der Waals surface area contributed by atoms with Crippen LogP contribution in [0, 0.1) is 0 Å². The third-order valence-electron chi connectivity index (χ3n) is 5.67. The zero-order valence-corrected chi connectivity index (χ0v) is 16.0. The van der Waals surface area contributed by atoms with Gasteiger partial charge in [0, 0.05) is 37.3 Å². The molecule has 2 saturated heterocycles. The predicted molar refractivity (Wildman–Crippen MR) is 106 cm³/mol. The molecule has 0 saturated carbocycles. The molecule has 2 N–H and O–H groups in total. The number of nitrogens with zero attached hydrogens (tertiary/aromatic N) is 3. The molecule has 0 amide bonds. The van der Waals surface area contributed by atoms with E-state index in [4.69, 9.17) is 4.52 Å². The summed E-state index contributed by atoms with van der Waals surface area (Å²) in [7, 11) is 0. The summed E-state index contributed by atoms with van der Waals surface area (Å²) in [5.74, 6) is 0.876. The van der Waals surface area contributed by atoms with Crippen molar-refractivity contribution in [2.75, 3.05) is 6.54 Å². The molecular weight excluding hydrogens is 338 g/mol. The summed E-state index contributed by atoms with van der Waals surface area (Å²) in [4.78, 5) is 7.38. The summed E-state index contributed by atoms with van der Waals surface area (Å²) < 4.78 is 4.89. The van der Waals surface area contributed by atoms with E-state index in [1.165, 1.54) is 31.2 Å². The van der Waals surface area contributed by atoms with Gasteiger partial charge in [0.05, 0.1) is 6.54 Å². The van der Waals surface area contributed by atoms with Gasteiger partial charge in [-0.25, -0.2) is 4.99 Å². The second-order valence-corrected chi connectivity index (χ2v) is 7.54. The molecule has 2 aromatic rings. The third kappa shape index (κ3) is 4.50. The van der Waals surface area contributed by atoms with Gasteiger partial charge in [-0.15, -0.1) is 0 Å². The second kappa shape index (κ2) is 8.57. The molecular formula is C21H29N5O. The molecule has 1 aromatic heterocycles. The Hall–Kier alpha value is -2.34. The minimum absolute atomic E-state index is 0.477. The maximum Gasteiger partial charge on any atom is 0.191 e. The van der Waals surface area contributed by atoms with Crippen molar-refractivity contribution in [2.24, 2.45) is 4.99 Å². The highest BCUT2D eigenvalue weighted by Gasteiger charge is 2.40. The fourth-order valence-corrected chi connectivity index (χ4v) is 4.44. The molecule has 2 bridgehead atoms. The van der Waals surface area contributed by atoms with Gasteiger partial charge in [0.25, 0.3) is 0 Å². The van der Waals surface area contributed by atoms with Crippen LogP contribution >= 0.6 is 0 Å². The van der Waals surface area contributed by atoms with Gasteiger partial charge in [0.15, 0.2) is 5.96 Å². The van der Waals surface area contributed by atoms with Gasteiger partial charge in [-0.2, -0.15) is 0 Å². The van der Waals surface area contributed by atoms with Crippen LogP contribution in [0.1, 0.15) is 43.9 Å². The average Bonchev–Trinajstić information content (AvgIpc) is 3.27. The minimum Gasteiger partial charge on any atom is -0.364 e. The van der Waals surface area contributed by atoms with Gasteiger partial charge >= 0.3 is 0 Å². The van der Waals surface area contributed by atoms with Gasteiger partial charge in [-0.3, -0.25) is 4.90 Å². The average molecular weight is 367 g/mol. The summed E-state index contributed by atoms with van der Waals surface area (Å²) in [6, 6.07) is 14.5. The van der Waals surface area contributed by atoms with E-state index in [9.17, 15) is 0 Å². The highest BCUT2D eigenvalue weighted by atomic mass is 16.5. The van der Waals surface area contributed by atoms with Gasteiger partial charge in [-0.05, 0) is 38.2 Å². The Morgan fingerprint density at radius 2 is 1.96 bits per heavy atom. The van der Waals surface area contributed by atoms with Crippen LogP contribution in [0.25, 0.3) is 0 Å². The van der Waals surface area contributed by atoms with Crippen molar-refractivity contribution in [3.8, 4) is 0 Å². The molecule has 2 fully saturated rings. The van der Waals surface area contributed by atoms with Crippen LogP contribution in [0.15, 0.2) is 52.2 Å². The maximum atomic E-state index is 4.89. The molecule has 0 spiro atoms. The summed E-state index contributed by atoms with van der Waals surface area (Å²) in [6.45, 7) is 4.55. The Labute approximate surface area is 161 Å². The summed E-state index contributed by atoms with van der Waals surface area (Å²) >= 11 is 0. The standard InChI is InChI=1S/C21H29N5O/c1-2-22-21(23-14-17-10-11-27-25-17)24-18-12-19-8-9-20(13-18)26(19)15-16-6-4-3-5-7-16/h3-7,10-11,18-20H,2,8-9,12-15H2,1H3,(H2,22,23,24). The fraction of sp³-hybridized carbons (Fsp3) is 0.524. The Balaban J connectivity index is 1.36. The van der Waals surface area contributed by atoms with Crippen LogP contribution in [0.3, 0.4) is 0 Å². The lowest BCUT2D eigenvalue weighted by Crippen LogP contribution is -2.52. The van der Waals surface area contributed by atoms with E-state index >= 15 is 0 Å². The molecule has 144 valence electrons. The van der Waals surface area contributed by atoms with E-state index in [-0.39, 0.29) is 0 Å². The van der Waals surface area contributed by atoms with Crippen molar-refractivity contribution < 1.29 is 4.52 Å². The van der Waals surface area contributed by atoms with Crippen LogP contribution in [0.5, 0.6) is 0 Å². The lowest BCUT2D eigenvalue weighted by Gasteiger charge is -2.39. The number of piperidine rings is 1. The number of guanidine groups is 1. The van der Waals surface area contributed by atoms with Crippen LogP contribution < -0.4 is 10.6 Å². The lowest BCUT2D eigenvalue weighted by atomic mass is 9.96. The highest BCUT2D eigenvalue weighted by Crippen LogP contribution is 2.36. The lowest BCUT2D eigenvalue weighted by molar-refractivity contribution is 0.114. The first-order valence-electron chi connectivity index (χ1n) is 10.1.